The summed E-state index contributed by atoms with van der Waals surface area (Å²) in [7, 11) is 0. The van der Waals surface area contributed by atoms with Gasteiger partial charge in [-0.3, -0.25) is 19.2 Å². The van der Waals surface area contributed by atoms with E-state index in [4.69, 9.17) is 0 Å². The van der Waals surface area contributed by atoms with E-state index >= 15 is 0 Å². The number of anilines is 1. The van der Waals surface area contributed by atoms with E-state index in [1.165, 1.54) is 12.1 Å². The molecule has 42 heavy (non-hydrogen) atoms. The van der Waals surface area contributed by atoms with Gasteiger partial charge in [0.1, 0.15) is 17.1 Å². The summed E-state index contributed by atoms with van der Waals surface area (Å²) in [6.45, 7) is 3.74. The first-order valence-electron chi connectivity index (χ1n) is 13.3. The van der Waals surface area contributed by atoms with Crippen molar-refractivity contribution >= 4 is 51.0 Å². The number of carbonyl (C=O) groups is 5. The number of hydrogen-bond donors (Lipinski definition) is 3. The second-order valence-corrected chi connectivity index (χ2v) is 11.6. The molecule has 1 fully saturated rings. The molecule has 0 bridgehead atoms. The first kappa shape index (κ1) is 27.6. The SMILES string of the molecule is C=CCc1cccc([C@H]2C3=CC[C@@H]4C(=O)N(c5ccc(C(=O)O)c(O)c5)C(=O)[C@@H]4[C@@H]3CC3=C2C(=O)C=C(Br)C3=O)c1O. The molecule has 6 rings (SSSR count). The fraction of sp³-hybridized carbons (Fsp3) is 0.219. The minimum atomic E-state index is -1.36. The number of rotatable bonds is 5. The molecule has 212 valence electrons. The van der Waals surface area contributed by atoms with Crippen molar-refractivity contribution in [2.75, 3.05) is 4.90 Å². The number of imide groups is 1. The Morgan fingerprint density at radius 1 is 1.07 bits per heavy atom. The van der Waals surface area contributed by atoms with Gasteiger partial charge in [0.25, 0.3) is 0 Å². The van der Waals surface area contributed by atoms with Crippen molar-refractivity contribution in [1.29, 1.82) is 0 Å². The van der Waals surface area contributed by atoms with Gasteiger partial charge in [0, 0.05) is 34.8 Å². The van der Waals surface area contributed by atoms with Crippen molar-refractivity contribution < 1.29 is 39.3 Å². The second kappa shape index (κ2) is 10.1. The van der Waals surface area contributed by atoms with E-state index in [2.05, 4.69) is 22.5 Å². The Bertz CT molecular complexity index is 1750. The molecule has 2 amide bonds. The van der Waals surface area contributed by atoms with Crippen LogP contribution in [0, 0.1) is 17.8 Å². The van der Waals surface area contributed by atoms with E-state index in [9.17, 15) is 39.3 Å². The van der Waals surface area contributed by atoms with Crippen molar-refractivity contribution in [2.45, 2.75) is 25.2 Å². The molecule has 3 aliphatic carbocycles. The normalized spacial score (nSPS) is 25.0. The molecule has 0 saturated carbocycles. The predicted molar refractivity (Wildman–Crippen MR) is 154 cm³/mol. The molecule has 0 unspecified atom stereocenters. The van der Waals surface area contributed by atoms with Gasteiger partial charge in [0.2, 0.25) is 11.8 Å². The highest BCUT2D eigenvalue weighted by Gasteiger charge is 2.57. The number of benzene rings is 2. The van der Waals surface area contributed by atoms with Crippen LogP contribution in [0.1, 0.15) is 40.2 Å². The van der Waals surface area contributed by atoms with Gasteiger partial charge >= 0.3 is 5.97 Å². The fourth-order valence-corrected chi connectivity index (χ4v) is 7.27. The number of phenolic OH excluding ortho intramolecular Hbond substituents is 1. The number of hydrogen-bond acceptors (Lipinski definition) is 7. The molecule has 0 radical (unpaired) electrons. The standard InChI is InChI=1S/C32H24BrNO8/c1-2-4-14-5-3-6-18(28(14)37)25-16-9-10-19-26(20(16)12-21-27(25)24(36)13-22(33)29(21)38)31(40)34(30(19)39)15-7-8-17(32(41)42)23(35)11-15/h2-3,5-9,11,13,19-20,25-26,35,37H,1,4,10,12H2,(H,41,42)/t19-,20+,25+,26-/m0/s1. The number of carbonyl (C=O) groups excluding carboxylic acids is 4. The number of carboxylic acid groups (broad SMARTS) is 1. The average molecular weight is 630 g/mol. The molecular formula is C32H24BrNO8. The van der Waals surface area contributed by atoms with Gasteiger partial charge in [-0.2, -0.15) is 0 Å². The molecule has 0 spiro atoms. The number of ketones is 2. The van der Waals surface area contributed by atoms with E-state index in [0.717, 1.165) is 17.0 Å². The second-order valence-electron chi connectivity index (χ2n) is 10.8. The quantitative estimate of drug-likeness (QED) is 0.249. The lowest BCUT2D eigenvalue weighted by molar-refractivity contribution is -0.123. The van der Waals surface area contributed by atoms with E-state index in [1.807, 2.05) is 6.08 Å². The van der Waals surface area contributed by atoms with E-state index in [-0.39, 0.29) is 57.0 Å². The molecule has 0 aromatic heterocycles. The summed E-state index contributed by atoms with van der Waals surface area (Å²) >= 11 is 3.19. The number of phenols is 2. The number of carboxylic acids is 1. The van der Waals surface area contributed by atoms with Gasteiger partial charge in [0.15, 0.2) is 11.6 Å². The van der Waals surface area contributed by atoms with Crippen LogP contribution < -0.4 is 4.90 Å². The largest absolute Gasteiger partial charge is 0.507 e. The van der Waals surface area contributed by atoms with Crippen molar-refractivity contribution in [3.63, 3.8) is 0 Å². The van der Waals surface area contributed by atoms with Gasteiger partial charge in [-0.25, -0.2) is 9.69 Å². The Morgan fingerprint density at radius 2 is 1.83 bits per heavy atom. The highest BCUT2D eigenvalue weighted by molar-refractivity contribution is 9.12. The van der Waals surface area contributed by atoms with E-state index in [1.54, 1.807) is 24.3 Å². The van der Waals surface area contributed by atoms with Gasteiger partial charge < -0.3 is 15.3 Å². The van der Waals surface area contributed by atoms with Crippen molar-refractivity contribution in [1.82, 2.24) is 0 Å². The van der Waals surface area contributed by atoms with Crippen molar-refractivity contribution in [3.05, 3.63) is 99.1 Å². The Morgan fingerprint density at radius 3 is 2.52 bits per heavy atom. The van der Waals surface area contributed by atoms with Crippen molar-refractivity contribution in [2.24, 2.45) is 17.8 Å². The zero-order chi connectivity index (χ0) is 30.0. The summed E-state index contributed by atoms with van der Waals surface area (Å²) in [5, 5.41) is 30.8. The molecule has 1 heterocycles. The summed E-state index contributed by atoms with van der Waals surface area (Å²) in [6, 6.07) is 8.69. The lowest BCUT2D eigenvalue weighted by atomic mass is 9.59. The van der Waals surface area contributed by atoms with Crippen LogP contribution in [0.3, 0.4) is 0 Å². The average Bonchev–Trinajstić information content (AvgIpc) is 3.21. The van der Waals surface area contributed by atoms with Crippen LogP contribution in [0.15, 0.2) is 82.4 Å². The third-order valence-corrected chi connectivity index (χ3v) is 9.22. The van der Waals surface area contributed by atoms with Gasteiger partial charge in [-0.05, 0) is 58.8 Å². The van der Waals surface area contributed by atoms with Crippen LogP contribution in [0.5, 0.6) is 11.5 Å². The number of fused-ring (bicyclic) bond motifs is 3. The Hall–Kier alpha value is -4.57. The molecule has 1 aliphatic heterocycles. The van der Waals surface area contributed by atoms with Gasteiger partial charge in [-0.15, -0.1) is 6.58 Å². The predicted octanol–water partition coefficient (Wildman–Crippen LogP) is 4.49. The smallest absolute Gasteiger partial charge is 0.339 e. The van der Waals surface area contributed by atoms with Gasteiger partial charge in [-0.1, -0.05) is 35.9 Å². The number of aromatic hydroxyl groups is 2. The molecule has 10 heteroatoms. The lowest BCUT2D eigenvalue weighted by Gasteiger charge is -2.42. The van der Waals surface area contributed by atoms with E-state index in [0.29, 0.717) is 23.1 Å². The minimum Gasteiger partial charge on any atom is -0.507 e. The van der Waals surface area contributed by atoms with Crippen molar-refractivity contribution in [3.8, 4) is 11.5 Å². The zero-order valence-corrected chi connectivity index (χ0v) is 23.6. The number of amides is 2. The minimum absolute atomic E-state index is 0.0313. The van der Waals surface area contributed by atoms with Crippen LogP contribution in [-0.2, 0) is 25.6 Å². The number of allylic oxidation sites excluding steroid dienone is 7. The number of halogens is 1. The summed E-state index contributed by atoms with van der Waals surface area (Å²) < 4.78 is 0.0962. The Labute approximate surface area is 248 Å². The number of para-hydroxylation sites is 1. The summed E-state index contributed by atoms with van der Waals surface area (Å²) in [6.07, 6.45) is 5.32. The van der Waals surface area contributed by atoms with Crippen LogP contribution in [0.25, 0.3) is 0 Å². The third-order valence-electron chi connectivity index (χ3n) is 8.63. The summed E-state index contributed by atoms with van der Waals surface area (Å²) in [5.74, 6) is -6.85. The fourth-order valence-electron chi connectivity index (χ4n) is 6.82. The number of Topliss-reactive ketones (excluding diaryl/α,β-unsaturated/α-hetero) is 1. The van der Waals surface area contributed by atoms with Crippen LogP contribution >= 0.6 is 15.9 Å². The topological polar surface area (TPSA) is 149 Å². The van der Waals surface area contributed by atoms with E-state index < -0.39 is 47.2 Å². The Balaban J connectivity index is 1.48. The molecule has 2 aromatic rings. The maximum Gasteiger partial charge on any atom is 0.339 e. The molecule has 4 aliphatic rings. The van der Waals surface area contributed by atoms with Crippen LogP contribution in [0.4, 0.5) is 5.69 Å². The molecular weight excluding hydrogens is 606 g/mol. The third kappa shape index (κ3) is 4.00. The Kier molecular flexibility index (Phi) is 6.61. The number of nitrogens with zero attached hydrogens (tertiary/aromatic N) is 1. The highest BCUT2D eigenvalue weighted by atomic mass is 79.9. The molecule has 9 nitrogen and oxygen atoms in total. The molecule has 3 N–H and O–H groups in total. The molecule has 1 saturated heterocycles. The monoisotopic (exact) mass is 629 g/mol. The summed E-state index contributed by atoms with van der Waals surface area (Å²) in [5.41, 5.74) is 1.85. The lowest BCUT2D eigenvalue weighted by Crippen LogP contribution is -2.39. The number of aromatic carboxylic acids is 1. The molecule has 2 aromatic carbocycles. The summed E-state index contributed by atoms with van der Waals surface area (Å²) in [4.78, 5) is 66.7. The first-order valence-corrected chi connectivity index (χ1v) is 14.1. The maximum atomic E-state index is 14.0. The first-order chi connectivity index (χ1) is 20.0. The van der Waals surface area contributed by atoms with Crippen LogP contribution in [-0.4, -0.2) is 44.7 Å². The maximum absolute atomic E-state index is 14.0. The molecule has 4 atom stereocenters. The highest BCUT2D eigenvalue weighted by Crippen LogP contribution is 2.56. The zero-order valence-electron chi connectivity index (χ0n) is 22.0. The van der Waals surface area contributed by atoms with Crippen LogP contribution in [0.2, 0.25) is 0 Å². The van der Waals surface area contributed by atoms with Gasteiger partial charge in [0.05, 0.1) is 22.0 Å².